The van der Waals surface area contributed by atoms with Crippen molar-refractivity contribution in [1.29, 1.82) is 0 Å². The van der Waals surface area contributed by atoms with Gasteiger partial charge in [-0.1, -0.05) is 12.1 Å². The minimum Gasteiger partial charge on any atom is -0.477 e. The number of oxime groups is 1. The predicted octanol–water partition coefficient (Wildman–Crippen LogP) is 0.559. The summed E-state index contributed by atoms with van der Waals surface area (Å²) in [6, 6.07) is -0.531. The minimum atomic E-state index is -1.14. The van der Waals surface area contributed by atoms with Crippen molar-refractivity contribution in [2.45, 2.75) is 57.1 Å². The monoisotopic (exact) mass is 455 g/mol. The highest BCUT2D eigenvalue weighted by atomic mass is 32.2. The molecule has 0 aromatic rings. The molecule has 31 heavy (non-hydrogen) atoms. The standard InChI is InChI=1S/C20H29N3O7S/c1-5-30-14(25)7-13(22-29-4)12-6-11(8-21-12)31-18-9(2)16-15(10(3)24)19(26)23(16)17(18)20(27)28/h9-12,15-16,21,24H,5-8H2,1-4H3,(H,27,28)/b22-13+/t9-,10-,11+,12+,15-,16-/m1/s1. The molecule has 0 bridgehead atoms. The summed E-state index contributed by atoms with van der Waals surface area (Å²) < 4.78 is 5.00. The Kier molecular flexibility index (Phi) is 7.28. The number of carboxylic acid groups (broad SMARTS) is 1. The van der Waals surface area contributed by atoms with E-state index >= 15 is 0 Å². The Morgan fingerprint density at radius 1 is 1.42 bits per heavy atom. The lowest BCUT2D eigenvalue weighted by atomic mass is 9.79. The fraction of sp³-hybridized carbons (Fsp3) is 0.700. The highest BCUT2D eigenvalue weighted by Gasteiger charge is 2.60. The number of carbonyl (C=O) groups is 3. The number of aliphatic hydroxyl groups excluding tert-OH is 1. The van der Waals surface area contributed by atoms with Crippen LogP contribution < -0.4 is 5.32 Å². The number of fused-ring (bicyclic) bond motifs is 1. The van der Waals surface area contributed by atoms with Gasteiger partial charge < -0.3 is 30.0 Å². The maximum Gasteiger partial charge on any atom is 0.353 e. The zero-order valence-electron chi connectivity index (χ0n) is 18.0. The van der Waals surface area contributed by atoms with Gasteiger partial charge in [0.15, 0.2) is 0 Å². The van der Waals surface area contributed by atoms with Crippen LogP contribution in [0.5, 0.6) is 0 Å². The van der Waals surface area contributed by atoms with Crippen LogP contribution in [0.1, 0.15) is 33.6 Å². The fourth-order valence-corrected chi connectivity index (χ4v) is 6.08. The third-order valence-electron chi connectivity index (χ3n) is 5.94. The summed E-state index contributed by atoms with van der Waals surface area (Å²) in [6.07, 6.45) is -0.200. The lowest BCUT2D eigenvalue weighted by molar-refractivity contribution is -0.163. The number of hydrogen-bond acceptors (Lipinski definition) is 9. The van der Waals surface area contributed by atoms with Crippen molar-refractivity contribution >= 4 is 35.3 Å². The largest absolute Gasteiger partial charge is 0.477 e. The highest BCUT2D eigenvalue weighted by Crippen LogP contribution is 2.51. The van der Waals surface area contributed by atoms with Crippen LogP contribution in [-0.4, -0.2) is 82.4 Å². The Morgan fingerprint density at radius 3 is 2.71 bits per heavy atom. The number of amides is 1. The molecule has 0 aliphatic carbocycles. The lowest BCUT2D eigenvalue weighted by Crippen LogP contribution is -2.63. The molecule has 0 saturated carbocycles. The number of carbonyl (C=O) groups excluding carboxylic acids is 2. The smallest absolute Gasteiger partial charge is 0.353 e. The first-order chi connectivity index (χ1) is 14.7. The summed E-state index contributed by atoms with van der Waals surface area (Å²) in [5, 5.41) is 27.1. The molecular weight excluding hydrogens is 426 g/mol. The molecule has 172 valence electrons. The number of thioether (sulfide) groups is 1. The number of β-lactam (4-membered cyclic amide) rings is 1. The van der Waals surface area contributed by atoms with E-state index in [4.69, 9.17) is 9.57 Å². The van der Waals surface area contributed by atoms with Gasteiger partial charge in [-0.3, -0.25) is 9.59 Å². The van der Waals surface area contributed by atoms with Crippen molar-refractivity contribution < 1.29 is 34.2 Å². The molecule has 0 spiro atoms. The van der Waals surface area contributed by atoms with Gasteiger partial charge in [0.05, 0.1) is 42.8 Å². The Bertz CT molecular complexity index is 813. The molecule has 3 N–H and O–H groups in total. The summed E-state index contributed by atoms with van der Waals surface area (Å²) in [5.74, 6) is -2.63. The molecule has 10 nitrogen and oxygen atoms in total. The third-order valence-corrected chi connectivity index (χ3v) is 7.45. The molecule has 0 radical (unpaired) electrons. The van der Waals surface area contributed by atoms with E-state index in [0.717, 1.165) is 0 Å². The molecule has 3 heterocycles. The van der Waals surface area contributed by atoms with Gasteiger partial charge in [-0.2, -0.15) is 0 Å². The number of rotatable bonds is 9. The van der Waals surface area contributed by atoms with E-state index < -0.39 is 18.0 Å². The number of aliphatic carboxylic acids is 1. The number of nitrogens with one attached hydrogen (secondary N) is 1. The van der Waals surface area contributed by atoms with Crippen LogP contribution in [0.15, 0.2) is 15.8 Å². The molecule has 0 unspecified atom stereocenters. The maximum absolute atomic E-state index is 12.5. The molecule has 2 fully saturated rings. The van der Waals surface area contributed by atoms with Crippen LogP contribution >= 0.6 is 11.8 Å². The molecule has 3 aliphatic heterocycles. The highest BCUT2D eigenvalue weighted by molar-refractivity contribution is 8.03. The van der Waals surface area contributed by atoms with Gasteiger partial charge in [-0.05, 0) is 20.3 Å². The van der Waals surface area contributed by atoms with Crippen LogP contribution in [0, 0.1) is 11.8 Å². The zero-order valence-corrected chi connectivity index (χ0v) is 18.8. The second kappa shape index (κ2) is 9.58. The number of aliphatic hydroxyl groups is 1. The topological polar surface area (TPSA) is 138 Å². The first-order valence-electron chi connectivity index (χ1n) is 10.3. The number of ether oxygens (including phenoxy) is 1. The summed E-state index contributed by atoms with van der Waals surface area (Å²) in [6.45, 7) is 6.06. The summed E-state index contributed by atoms with van der Waals surface area (Å²) in [7, 11) is 1.41. The third kappa shape index (κ3) is 4.44. The number of esters is 1. The molecule has 6 atom stereocenters. The van der Waals surface area contributed by atoms with Gasteiger partial charge in [-0.15, -0.1) is 11.8 Å². The Morgan fingerprint density at radius 2 is 2.13 bits per heavy atom. The summed E-state index contributed by atoms with van der Waals surface area (Å²) in [4.78, 5) is 43.2. The average molecular weight is 456 g/mol. The van der Waals surface area contributed by atoms with Crippen LogP contribution in [0.3, 0.4) is 0 Å². The Hall–Kier alpha value is -2.11. The van der Waals surface area contributed by atoms with E-state index in [1.165, 1.54) is 23.8 Å². The van der Waals surface area contributed by atoms with Crippen LogP contribution in [0.25, 0.3) is 0 Å². The van der Waals surface area contributed by atoms with E-state index in [1.807, 2.05) is 6.92 Å². The Balaban J connectivity index is 1.73. The number of nitrogens with zero attached hydrogens (tertiary/aromatic N) is 2. The molecular formula is C20H29N3O7S. The van der Waals surface area contributed by atoms with E-state index in [1.54, 1.807) is 13.8 Å². The van der Waals surface area contributed by atoms with Gasteiger partial charge in [0.2, 0.25) is 5.91 Å². The van der Waals surface area contributed by atoms with Crippen LogP contribution in [0.2, 0.25) is 0 Å². The summed E-state index contributed by atoms with van der Waals surface area (Å²) in [5.41, 5.74) is 0.550. The van der Waals surface area contributed by atoms with Gasteiger partial charge in [0, 0.05) is 22.6 Å². The minimum absolute atomic E-state index is 0.0105. The van der Waals surface area contributed by atoms with Gasteiger partial charge >= 0.3 is 11.9 Å². The fourth-order valence-electron chi connectivity index (χ4n) is 4.60. The van der Waals surface area contributed by atoms with Crippen molar-refractivity contribution in [3.05, 3.63) is 10.6 Å². The molecule has 1 amide bonds. The van der Waals surface area contributed by atoms with Crippen LogP contribution in [0.4, 0.5) is 0 Å². The van der Waals surface area contributed by atoms with Crippen molar-refractivity contribution in [3.8, 4) is 0 Å². The Labute approximate surface area is 185 Å². The second-order valence-corrected chi connectivity index (χ2v) is 9.30. The molecule has 0 aromatic heterocycles. The molecule has 2 saturated heterocycles. The van der Waals surface area contributed by atoms with Gasteiger partial charge in [0.25, 0.3) is 0 Å². The SMILES string of the molecule is CCOC(=O)C/C(=N\OC)[C@@H]1C[C@H](SC2=C(C(=O)O)N3C(=O)[C@H]([C@@H](C)O)[C@H]3[C@H]2C)CN1. The zero-order chi connectivity index (χ0) is 22.9. The summed E-state index contributed by atoms with van der Waals surface area (Å²) >= 11 is 1.44. The van der Waals surface area contributed by atoms with E-state index in [-0.39, 0.29) is 53.9 Å². The van der Waals surface area contributed by atoms with E-state index in [0.29, 0.717) is 23.6 Å². The van der Waals surface area contributed by atoms with Crippen molar-refractivity contribution in [2.75, 3.05) is 20.3 Å². The van der Waals surface area contributed by atoms with Crippen molar-refractivity contribution in [2.24, 2.45) is 17.0 Å². The maximum atomic E-state index is 12.5. The first-order valence-corrected chi connectivity index (χ1v) is 11.2. The van der Waals surface area contributed by atoms with Crippen molar-refractivity contribution in [1.82, 2.24) is 10.2 Å². The van der Waals surface area contributed by atoms with Crippen molar-refractivity contribution in [3.63, 3.8) is 0 Å². The predicted molar refractivity (Wildman–Crippen MR) is 113 cm³/mol. The van der Waals surface area contributed by atoms with Crippen LogP contribution in [-0.2, 0) is 24.0 Å². The normalized spacial score (nSPS) is 31.4. The van der Waals surface area contributed by atoms with E-state index in [2.05, 4.69) is 10.5 Å². The average Bonchev–Trinajstić information content (AvgIpc) is 3.24. The molecule has 0 aromatic carbocycles. The molecule has 11 heteroatoms. The number of carboxylic acids is 1. The lowest BCUT2D eigenvalue weighted by Gasteiger charge is -2.46. The first kappa shape index (κ1) is 23.6. The van der Waals surface area contributed by atoms with Gasteiger partial charge in [-0.25, -0.2) is 4.79 Å². The molecule has 3 aliphatic rings. The quantitative estimate of drug-likeness (QED) is 0.197. The number of hydrogen-bond donors (Lipinski definition) is 3. The molecule has 3 rings (SSSR count). The van der Waals surface area contributed by atoms with E-state index in [9.17, 15) is 24.6 Å². The van der Waals surface area contributed by atoms with Gasteiger partial charge in [0.1, 0.15) is 12.8 Å². The second-order valence-electron chi connectivity index (χ2n) is 7.96.